The number of hydrogen-bond acceptors (Lipinski definition) is 6. The number of carboxylic acid groups (broad SMARTS) is 1. The number of amides is 1. The van der Waals surface area contributed by atoms with Gasteiger partial charge in [0.15, 0.2) is 6.10 Å². The Morgan fingerprint density at radius 1 is 1.38 bits per heavy atom. The summed E-state index contributed by atoms with van der Waals surface area (Å²) in [5, 5.41) is 11.4. The number of thiazole rings is 1. The summed E-state index contributed by atoms with van der Waals surface area (Å²) in [6.07, 6.45) is -0.984. The summed E-state index contributed by atoms with van der Waals surface area (Å²) in [6, 6.07) is 7.41. The van der Waals surface area contributed by atoms with Crippen LogP contribution in [-0.2, 0) is 9.53 Å². The monoisotopic (exact) mass is 348 g/mol. The predicted octanol–water partition coefficient (Wildman–Crippen LogP) is 1.74. The van der Waals surface area contributed by atoms with E-state index in [-0.39, 0.29) is 19.1 Å². The highest BCUT2D eigenvalue weighted by Gasteiger charge is 2.30. The number of benzene rings is 1. The van der Waals surface area contributed by atoms with E-state index in [1.54, 1.807) is 12.5 Å². The van der Waals surface area contributed by atoms with E-state index < -0.39 is 12.1 Å². The van der Waals surface area contributed by atoms with Crippen LogP contribution in [0.3, 0.4) is 0 Å². The van der Waals surface area contributed by atoms with Crippen molar-refractivity contribution >= 4 is 23.2 Å². The number of methoxy groups -OCH3 is 1. The number of carboxylic acids is 1. The number of morpholine rings is 1. The fraction of sp³-hybridized carbons (Fsp3) is 0.312. The minimum Gasteiger partial charge on any atom is -0.497 e. The van der Waals surface area contributed by atoms with E-state index in [1.165, 1.54) is 16.2 Å². The molecule has 2 heterocycles. The molecule has 8 heteroatoms. The molecule has 0 aliphatic carbocycles. The second-order valence-corrected chi connectivity index (χ2v) is 6.07. The Balaban J connectivity index is 1.74. The zero-order chi connectivity index (χ0) is 17.1. The lowest BCUT2D eigenvalue weighted by molar-refractivity contribution is -0.154. The first-order chi connectivity index (χ1) is 11.6. The van der Waals surface area contributed by atoms with Gasteiger partial charge in [0.05, 0.1) is 20.3 Å². The van der Waals surface area contributed by atoms with Gasteiger partial charge in [-0.3, -0.25) is 4.79 Å². The van der Waals surface area contributed by atoms with E-state index in [0.717, 1.165) is 16.3 Å². The zero-order valence-electron chi connectivity index (χ0n) is 13.0. The predicted molar refractivity (Wildman–Crippen MR) is 87.4 cm³/mol. The molecule has 1 aliphatic heterocycles. The van der Waals surface area contributed by atoms with Gasteiger partial charge in [0.25, 0.3) is 5.91 Å². The van der Waals surface area contributed by atoms with Gasteiger partial charge in [0.1, 0.15) is 16.5 Å². The molecule has 126 valence electrons. The summed E-state index contributed by atoms with van der Waals surface area (Å²) in [7, 11) is 1.60. The first kappa shape index (κ1) is 16.4. The van der Waals surface area contributed by atoms with Crippen molar-refractivity contribution in [2.24, 2.45) is 0 Å². The largest absolute Gasteiger partial charge is 0.497 e. The molecule has 1 saturated heterocycles. The van der Waals surface area contributed by atoms with Gasteiger partial charge in [-0.2, -0.15) is 0 Å². The normalized spacial score (nSPS) is 17.5. The lowest BCUT2D eigenvalue weighted by Crippen LogP contribution is -2.48. The molecule has 2 aromatic rings. The van der Waals surface area contributed by atoms with Gasteiger partial charge >= 0.3 is 5.97 Å². The van der Waals surface area contributed by atoms with Crippen LogP contribution in [0.2, 0.25) is 0 Å². The molecule has 1 N–H and O–H groups in total. The molecular weight excluding hydrogens is 332 g/mol. The first-order valence-corrected chi connectivity index (χ1v) is 8.20. The van der Waals surface area contributed by atoms with Crippen LogP contribution in [0.1, 0.15) is 10.5 Å². The maximum Gasteiger partial charge on any atom is 0.334 e. The van der Waals surface area contributed by atoms with Crippen LogP contribution in [0.15, 0.2) is 29.6 Å². The highest BCUT2D eigenvalue weighted by molar-refractivity contribution is 7.13. The number of rotatable bonds is 4. The van der Waals surface area contributed by atoms with Crippen molar-refractivity contribution in [2.75, 3.05) is 26.8 Å². The van der Waals surface area contributed by atoms with Crippen molar-refractivity contribution in [2.45, 2.75) is 6.10 Å². The van der Waals surface area contributed by atoms with Crippen molar-refractivity contribution in [3.8, 4) is 16.3 Å². The third-order valence-electron chi connectivity index (χ3n) is 3.69. The summed E-state index contributed by atoms with van der Waals surface area (Å²) in [5.74, 6) is -0.593. The van der Waals surface area contributed by atoms with Gasteiger partial charge in [-0.25, -0.2) is 9.78 Å². The Morgan fingerprint density at radius 2 is 2.12 bits per heavy atom. The molecule has 1 aromatic heterocycles. The van der Waals surface area contributed by atoms with Crippen LogP contribution < -0.4 is 4.74 Å². The second kappa shape index (κ2) is 6.98. The third-order valence-corrected chi connectivity index (χ3v) is 4.58. The topological polar surface area (TPSA) is 89.0 Å². The van der Waals surface area contributed by atoms with Crippen LogP contribution >= 0.6 is 11.3 Å². The Kier molecular flexibility index (Phi) is 4.77. The molecule has 3 rings (SSSR count). The molecule has 1 atom stereocenters. The van der Waals surface area contributed by atoms with Crippen LogP contribution in [0, 0.1) is 0 Å². The molecule has 1 amide bonds. The van der Waals surface area contributed by atoms with Gasteiger partial charge in [0, 0.05) is 17.5 Å². The number of ether oxygens (including phenoxy) is 2. The van der Waals surface area contributed by atoms with E-state index in [4.69, 9.17) is 14.6 Å². The number of hydrogen-bond donors (Lipinski definition) is 1. The average Bonchev–Trinajstić information content (AvgIpc) is 3.11. The fourth-order valence-electron chi connectivity index (χ4n) is 2.38. The van der Waals surface area contributed by atoms with Crippen LogP contribution in [0.4, 0.5) is 0 Å². The molecule has 1 aromatic carbocycles. The standard InChI is InChI=1S/C16H16N2O5S/c1-22-11-4-2-10(3-5-11)14-17-12(9-24-14)15(19)18-6-7-23-13(8-18)16(20)21/h2-5,9,13H,6-8H2,1H3,(H,20,21). The number of aliphatic carboxylic acids is 1. The molecule has 0 bridgehead atoms. The third kappa shape index (κ3) is 3.39. The number of aromatic nitrogens is 1. The van der Waals surface area contributed by atoms with Crippen molar-refractivity contribution in [3.05, 3.63) is 35.3 Å². The number of nitrogens with zero attached hydrogens (tertiary/aromatic N) is 2. The minimum absolute atomic E-state index is 0.0313. The van der Waals surface area contributed by atoms with E-state index in [2.05, 4.69) is 4.98 Å². The van der Waals surface area contributed by atoms with Crippen molar-refractivity contribution < 1.29 is 24.2 Å². The number of carbonyl (C=O) groups excluding carboxylic acids is 1. The van der Waals surface area contributed by atoms with Gasteiger partial charge in [-0.1, -0.05) is 0 Å². The fourth-order valence-corrected chi connectivity index (χ4v) is 3.18. The Hall–Kier alpha value is -2.45. The zero-order valence-corrected chi connectivity index (χ0v) is 13.8. The molecule has 24 heavy (non-hydrogen) atoms. The molecule has 1 unspecified atom stereocenters. The first-order valence-electron chi connectivity index (χ1n) is 7.32. The van der Waals surface area contributed by atoms with Crippen molar-refractivity contribution in [3.63, 3.8) is 0 Å². The maximum atomic E-state index is 12.5. The molecular formula is C16H16N2O5S. The summed E-state index contributed by atoms with van der Waals surface area (Å²) in [5.41, 5.74) is 1.21. The molecule has 0 saturated carbocycles. The van der Waals surface area contributed by atoms with E-state index in [0.29, 0.717) is 12.2 Å². The van der Waals surface area contributed by atoms with Gasteiger partial charge < -0.3 is 19.5 Å². The van der Waals surface area contributed by atoms with E-state index >= 15 is 0 Å². The maximum absolute atomic E-state index is 12.5. The second-order valence-electron chi connectivity index (χ2n) is 5.22. The smallest absolute Gasteiger partial charge is 0.334 e. The molecule has 7 nitrogen and oxygen atoms in total. The summed E-state index contributed by atoms with van der Waals surface area (Å²) < 4.78 is 10.2. The summed E-state index contributed by atoms with van der Waals surface area (Å²) in [6.45, 7) is 0.597. The molecule has 0 spiro atoms. The van der Waals surface area contributed by atoms with Gasteiger partial charge in [0.2, 0.25) is 0 Å². The lowest BCUT2D eigenvalue weighted by Gasteiger charge is -2.30. The highest BCUT2D eigenvalue weighted by atomic mass is 32.1. The number of carbonyl (C=O) groups is 2. The van der Waals surface area contributed by atoms with Gasteiger partial charge in [-0.05, 0) is 24.3 Å². The molecule has 0 radical (unpaired) electrons. The minimum atomic E-state index is -1.07. The summed E-state index contributed by atoms with van der Waals surface area (Å²) in [4.78, 5) is 29.4. The quantitative estimate of drug-likeness (QED) is 0.905. The lowest BCUT2D eigenvalue weighted by atomic mass is 10.2. The SMILES string of the molecule is COc1ccc(-c2nc(C(=O)N3CCOC(C(=O)O)C3)cs2)cc1. The Labute approximate surface area is 142 Å². The van der Waals surface area contributed by atoms with Crippen LogP contribution in [0.25, 0.3) is 10.6 Å². The molecule has 1 fully saturated rings. The van der Waals surface area contributed by atoms with Gasteiger partial charge in [-0.15, -0.1) is 11.3 Å². The molecule has 1 aliphatic rings. The van der Waals surface area contributed by atoms with Crippen molar-refractivity contribution in [1.29, 1.82) is 0 Å². The van der Waals surface area contributed by atoms with E-state index in [9.17, 15) is 9.59 Å². The summed E-state index contributed by atoms with van der Waals surface area (Å²) >= 11 is 1.37. The highest BCUT2D eigenvalue weighted by Crippen LogP contribution is 2.26. The Bertz CT molecular complexity index is 743. The van der Waals surface area contributed by atoms with Crippen molar-refractivity contribution in [1.82, 2.24) is 9.88 Å². The van der Waals surface area contributed by atoms with Crippen LogP contribution in [0.5, 0.6) is 5.75 Å². The van der Waals surface area contributed by atoms with E-state index in [1.807, 2.05) is 24.3 Å². The Morgan fingerprint density at radius 3 is 2.79 bits per heavy atom. The average molecular weight is 348 g/mol. The van der Waals surface area contributed by atoms with Crippen LogP contribution in [-0.4, -0.2) is 59.8 Å².